The van der Waals surface area contributed by atoms with Crippen molar-refractivity contribution in [3.05, 3.63) is 74.3 Å². The second kappa shape index (κ2) is 7.85. The predicted molar refractivity (Wildman–Crippen MR) is 90.6 cm³/mol. The van der Waals surface area contributed by atoms with E-state index in [1.807, 2.05) is 0 Å². The molecule has 0 aliphatic carbocycles. The van der Waals surface area contributed by atoms with Crippen LogP contribution in [0, 0.1) is 20.2 Å². The highest BCUT2D eigenvalue weighted by Gasteiger charge is 2.22. The summed E-state index contributed by atoms with van der Waals surface area (Å²) in [4.78, 5) is 32.0. The molecule has 0 spiro atoms. The minimum Gasteiger partial charge on any atom is -0.425 e. The highest BCUT2D eigenvalue weighted by Crippen LogP contribution is 2.44. The highest BCUT2D eigenvalue weighted by molar-refractivity contribution is 7.53. The molecule has 2 rings (SSSR count). The third kappa shape index (κ3) is 5.20. The smallest absolute Gasteiger partial charge is 0.376 e. The van der Waals surface area contributed by atoms with E-state index in [1.54, 1.807) is 0 Å². The molecular weight excluding hydrogens is 367 g/mol. The molecule has 0 radical (unpaired) electrons. The Bertz CT molecular complexity index is 880. The maximum absolute atomic E-state index is 12.3. The minimum absolute atomic E-state index is 0.0872. The fourth-order valence-electron chi connectivity index (χ4n) is 1.87. The minimum atomic E-state index is -3.65. The van der Waals surface area contributed by atoms with Gasteiger partial charge in [0, 0.05) is 36.5 Å². The van der Waals surface area contributed by atoms with E-state index in [0.29, 0.717) is 0 Å². The number of nitro groups is 2. The van der Waals surface area contributed by atoms with E-state index >= 15 is 0 Å². The maximum Gasteiger partial charge on any atom is 0.376 e. The van der Waals surface area contributed by atoms with Crippen molar-refractivity contribution in [3.8, 4) is 5.75 Å². The number of Topliss-reactive ketones (excluding diaryl/α,β-unsaturated/α-hetero) is 1. The highest BCUT2D eigenvalue weighted by atomic mass is 31.2. The quantitative estimate of drug-likeness (QED) is 0.293. The van der Waals surface area contributed by atoms with Crippen LogP contribution in [0.4, 0.5) is 11.4 Å². The summed E-state index contributed by atoms with van der Waals surface area (Å²) in [6.07, 6.45) is 0. The van der Waals surface area contributed by atoms with Crippen molar-refractivity contribution in [1.29, 1.82) is 0 Å². The van der Waals surface area contributed by atoms with Crippen LogP contribution >= 0.6 is 7.60 Å². The topological polar surface area (TPSA) is 139 Å². The van der Waals surface area contributed by atoms with Gasteiger partial charge in [0.1, 0.15) is 12.4 Å². The Morgan fingerprint density at radius 2 is 1.42 bits per heavy atom. The zero-order valence-corrected chi connectivity index (χ0v) is 14.3. The molecule has 0 aromatic heterocycles. The van der Waals surface area contributed by atoms with Crippen LogP contribution in [0.15, 0.2) is 48.5 Å². The van der Waals surface area contributed by atoms with Gasteiger partial charge < -0.3 is 4.52 Å². The lowest BCUT2D eigenvalue weighted by molar-refractivity contribution is -0.385. The first-order valence-corrected chi connectivity index (χ1v) is 9.11. The summed E-state index contributed by atoms with van der Waals surface area (Å²) in [5, 5.41) is 21.2. The van der Waals surface area contributed by atoms with Gasteiger partial charge in [-0.2, -0.15) is 0 Å². The number of hydrogen-bond donors (Lipinski definition) is 0. The number of hydrogen-bond acceptors (Lipinski definition) is 8. The average molecular weight is 380 g/mol. The van der Waals surface area contributed by atoms with Crippen molar-refractivity contribution in [1.82, 2.24) is 0 Å². The Kier molecular flexibility index (Phi) is 5.81. The Hall–Kier alpha value is -3.10. The van der Waals surface area contributed by atoms with Gasteiger partial charge in [0.05, 0.1) is 9.85 Å². The molecule has 0 heterocycles. The van der Waals surface area contributed by atoms with E-state index in [1.165, 1.54) is 48.5 Å². The Morgan fingerprint density at radius 3 is 1.88 bits per heavy atom. The molecule has 0 N–H and O–H groups in total. The van der Waals surface area contributed by atoms with Crippen LogP contribution in [0.1, 0.15) is 10.4 Å². The molecule has 2 aromatic carbocycles. The Morgan fingerprint density at radius 1 is 0.962 bits per heavy atom. The van der Waals surface area contributed by atoms with Crippen molar-refractivity contribution in [3.63, 3.8) is 0 Å². The van der Waals surface area contributed by atoms with Crippen LogP contribution in [0.3, 0.4) is 0 Å². The van der Waals surface area contributed by atoms with Gasteiger partial charge in [-0.1, -0.05) is 0 Å². The molecule has 26 heavy (non-hydrogen) atoms. The van der Waals surface area contributed by atoms with Gasteiger partial charge >= 0.3 is 7.60 Å². The zero-order valence-electron chi connectivity index (χ0n) is 13.4. The van der Waals surface area contributed by atoms with Gasteiger partial charge in [-0.25, -0.2) is 4.57 Å². The van der Waals surface area contributed by atoms with E-state index in [-0.39, 0.29) is 22.7 Å². The van der Waals surface area contributed by atoms with Crippen molar-refractivity contribution >= 4 is 24.8 Å². The van der Waals surface area contributed by atoms with Crippen LogP contribution in [0.25, 0.3) is 0 Å². The monoisotopic (exact) mass is 380 g/mol. The molecule has 136 valence electrons. The molecule has 10 nitrogen and oxygen atoms in total. The molecule has 0 fully saturated rings. The normalized spacial score (nSPS) is 12.8. The maximum atomic E-state index is 12.3. The van der Waals surface area contributed by atoms with E-state index in [0.717, 1.165) is 6.66 Å². The van der Waals surface area contributed by atoms with E-state index in [2.05, 4.69) is 0 Å². The van der Waals surface area contributed by atoms with Crippen LogP contribution < -0.4 is 4.52 Å². The van der Waals surface area contributed by atoms with Crippen molar-refractivity contribution in [2.75, 3.05) is 13.3 Å². The lowest BCUT2D eigenvalue weighted by atomic mass is 10.1. The summed E-state index contributed by atoms with van der Waals surface area (Å²) in [6.45, 7) is 0.593. The van der Waals surface area contributed by atoms with Gasteiger partial charge in [-0.15, -0.1) is 0 Å². The summed E-state index contributed by atoms with van der Waals surface area (Å²) in [5.41, 5.74) is -0.159. The van der Waals surface area contributed by atoms with Crippen molar-refractivity contribution < 1.29 is 28.3 Å². The van der Waals surface area contributed by atoms with Gasteiger partial charge in [-0.3, -0.25) is 29.5 Å². The summed E-state index contributed by atoms with van der Waals surface area (Å²) in [6, 6.07) is 9.75. The number of ketones is 1. The van der Waals surface area contributed by atoms with Crippen molar-refractivity contribution in [2.24, 2.45) is 0 Å². The number of carbonyl (C=O) groups is 1. The number of nitrogens with zero attached hydrogens (tertiary/aromatic N) is 2. The second-order valence-electron chi connectivity index (χ2n) is 5.11. The molecule has 2 aromatic rings. The fourth-order valence-corrected chi connectivity index (χ4v) is 2.78. The van der Waals surface area contributed by atoms with E-state index in [9.17, 15) is 29.6 Å². The average Bonchev–Trinajstić information content (AvgIpc) is 2.60. The lowest BCUT2D eigenvalue weighted by Crippen LogP contribution is -2.09. The van der Waals surface area contributed by atoms with Gasteiger partial charge in [0.15, 0.2) is 5.78 Å². The summed E-state index contributed by atoms with van der Waals surface area (Å²) in [5.74, 6) is -0.446. The first kappa shape index (κ1) is 19.2. The standard InChI is InChI=1S/C15H13N2O8P/c1-26(23,25-14-8-6-13(7-9-14)17(21)22)24-10-15(18)11-2-4-12(5-3-11)16(19)20/h2-9H,10H2,1H3. The molecule has 0 saturated heterocycles. The molecule has 0 aliphatic heterocycles. The van der Waals surface area contributed by atoms with Gasteiger partial charge in [-0.05, 0) is 24.3 Å². The SMILES string of the molecule is CP(=O)(OCC(=O)c1ccc([N+](=O)[O-])cc1)Oc1ccc([N+](=O)[O-])cc1. The third-order valence-corrected chi connectivity index (χ3v) is 4.29. The fraction of sp³-hybridized carbons (Fsp3) is 0.133. The van der Waals surface area contributed by atoms with Gasteiger partial charge in [0.2, 0.25) is 0 Å². The number of rotatable bonds is 8. The molecule has 0 bridgehead atoms. The third-order valence-electron chi connectivity index (χ3n) is 3.15. The zero-order chi connectivity index (χ0) is 19.3. The number of nitro benzene ring substituents is 2. The molecule has 11 heteroatoms. The largest absolute Gasteiger partial charge is 0.425 e. The summed E-state index contributed by atoms with van der Waals surface area (Å²) >= 11 is 0. The first-order chi connectivity index (χ1) is 12.2. The molecular formula is C15H13N2O8P. The Balaban J connectivity index is 1.96. The lowest BCUT2D eigenvalue weighted by Gasteiger charge is -2.14. The van der Waals surface area contributed by atoms with Crippen molar-refractivity contribution in [2.45, 2.75) is 0 Å². The number of non-ortho nitro benzene ring substituents is 2. The molecule has 0 saturated carbocycles. The molecule has 0 amide bonds. The molecule has 0 aliphatic rings. The van der Waals surface area contributed by atoms with Crippen LogP contribution in [0.2, 0.25) is 0 Å². The first-order valence-electron chi connectivity index (χ1n) is 7.12. The second-order valence-corrected chi connectivity index (χ2v) is 7.10. The summed E-state index contributed by atoms with van der Waals surface area (Å²) < 4.78 is 22.4. The molecule has 1 unspecified atom stereocenters. The van der Waals surface area contributed by atoms with E-state index < -0.39 is 29.8 Å². The van der Waals surface area contributed by atoms with Gasteiger partial charge in [0.25, 0.3) is 11.4 Å². The van der Waals surface area contributed by atoms with E-state index in [4.69, 9.17) is 9.05 Å². The summed E-state index contributed by atoms with van der Waals surface area (Å²) in [7, 11) is -3.65. The molecule has 1 atom stereocenters. The predicted octanol–water partition coefficient (Wildman–Crippen LogP) is 3.60. The Labute approximate surface area is 147 Å². The van der Waals surface area contributed by atoms with Crippen LogP contribution in [-0.4, -0.2) is 28.9 Å². The number of carbonyl (C=O) groups excluding carboxylic acids is 1. The number of benzene rings is 2. The van der Waals surface area contributed by atoms with Crippen LogP contribution in [-0.2, 0) is 9.09 Å². The van der Waals surface area contributed by atoms with Crippen LogP contribution in [0.5, 0.6) is 5.75 Å².